The molecule has 1 aromatic rings. The Bertz CT molecular complexity index is 432. The lowest BCUT2D eigenvalue weighted by molar-refractivity contribution is 0.0523. The predicted molar refractivity (Wildman–Crippen MR) is 84.5 cm³/mol. The Morgan fingerprint density at radius 2 is 1.81 bits per heavy atom. The predicted octanol–water partition coefficient (Wildman–Crippen LogP) is 4.14. The lowest BCUT2D eigenvalue weighted by Crippen LogP contribution is -2.32. The van der Waals surface area contributed by atoms with Crippen molar-refractivity contribution in [1.29, 1.82) is 0 Å². The zero-order valence-corrected chi connectivity index (χ0v) is 13.7. The summed E-state index contributed by atoms with van der Waals surface area (Å²) in [5, 5.41) is 2.73. The smallest absolute Gasteiger partial charge is 0.407 e. The number of nitrogens with one attached hydrogen (secondary N) is 1. The lowest BCUT2D eigenvalue weighted by Gasteiger charge is -2.19. The Balaban J connectivity index is 2.35. The van der Waals surface area contributed by atoms with E-state index in [1.54, 1.807) is 0 Å². The number of alkyl carbamates (subject to hydrolysis) is 1. The van der Waals surface area contributed by atoms with Gasteiger partial charge in [-0.05, 0) is 50.8 Å². The highest BCUT2D eigenvalue weighted by Gasteiger charge is 2.15. The molecule has 0 aromatic heterocycles. The average Bonchev–Trinajstić information content (AvgIpc) is 2.35. The van der Waals surface area contributed by atoms with E-state index in [0.717, 1.165) is 24.3 Å². The van der Waals surface area contributed by atoms with Gasteiger partial charge in [-0.25, -0.2) is 4.79 Å². The molecule has 0 saturated heterocycles. The molecule has 0 unspecified atom stereocenters. The fourth-order valence-corrected chi connectivity index (χ4v) is 1.60. The summed E-state index contributed by atoms with van der Waals surface area (Å²) in [5.74, 6) is 1.50. The molecule has 0 radical (unpaired) electrons. The molecule has 1 amide bonds. The number of carbonyl (C=O) groups excluding carboxylic acids is 1. The third-order valence-corrected chi connectivity index (χ3v) is 2.72. The van der Waals surface area contributed by atoms with Gasteiger partial charge in [-0.15, -0.1) is 0 Å². The van der Waals surface area contributed by atoms with Crippen LogP contribution in [-0.2, 0) is 11.3 Å². The maximum Gasteiger partial charge on any atom is 0.407 e. The van der Waals surface area contributed by atoms with Crippen LogP contribution in [0.3, 0.4) is 0 Å². The summed E-state index contributed by atoms with van der Waals surface area (Å²) in [6.07, 6.45) is 0.641. The molecule has 4 heteroatoms. The van der Waals surface area contributed by atoms with Crippen molar-refractivity contribution < 1.29 is 14.3 Å². The van der Waals surface area contributed by atoms with Crippen LogP contribution in [0.4, 0.5) is 4.79 Å². The molecular weight excluding hydrogens is 266 g/mol. The molecule has 0 saturated carbocycles. The van der Waals surface area contributed by atoms with Gasteiger partial charge in [-0.1, -0.05) is 26.0 Å². The highest BCUT2D eigenvalue weighted by atomic mass is 16.6. The summed E-state index contributed by atoms with van der Waals surface area (Å²) >= 11 is 0. The minimum Gasteiger partial charge on any atom is -0.494 e. The van der Waals surface area contributed by atoms with E-state index in [4.69, 9.17) is 9.47 Å². The minimum atomic E-state index is -0.474. The molecule has 0 aliphatic heterocycles. The van der Waals surface area contributed by atoms with E-state index in [1.807, 2.05) is 45.0 Å². The third-order valence-electron chi connectivity index (χ3n) is 2.72. The number of benzene rings is 1. The van der Waals surface area contributed by atoms with E-state index in [-0.39, 0.29) is 0 Å². The van der Waals surface area contributed by atoms with E-state index >= 15 is 0 Å². The fraction of sp³-hybridized carbons (Fsp3) is 0.588. The quantitative estimate of drug-likeness (QED) is 0.857. The van der Waals surface area contributed by atoms with Crippen LogP contribution in [0, 0.1) is 5.92 Å². The van der Waals surface area contributed by atoms with Gasteiger partial charge in [0.1, 0.15) is 11.4 Å². The van der Waals surface area contributed by atoms with E-state index in [1.165, 1.54) is 0 Å². The first-order valence-corrected chi connectivity index (χ1v) is 7.45. The van der Waals surface area contributed by atoms with Crippen LogP contribution in [0.5, 0.6) is 5.75 Å². The number of amides is 1. The van der Waals surface area contributed by atoms with Crippen molar-refractivity contribution >= 4 is 6.09 Å². The molecule has 1 rings (SSSR count). The van der Waals surface area contributed by atoms with E-state index in [2.05, 4.69) is 19.2 Å². The Morgan fingerprint density at radius 3 is 2.33 bits per heavy atom. The summed E-state index contributed by atoms with van der Waals surface area (Å²) in [4.78, 5) is 11.5. The zero-order chi connectivity index (χ0) is 15.9. The van der Waals surface area contributed by atoms with Gasteiger partial charge in [-0.2, -0.15) is 0 Å². The summed E-state index contributed by atoms with van der Waals surface area (Å²) in [6.45, 7) is 11.1. The van der Waals surface area contributed by atoms with Crippen LogP contribution in [-0.4, -0.2) is 18.3 Å². The van der Waals surface area contributed by atoms with Crippen LogP contribution in [0.15, 0.2) is 24.3 Å². The Labute approximate surface area is 127 Å². The summed E-state index contributed by atoms with van der Waals surface area (Å²) in [6, 6.07) is 7.74. The van der Waals surface area contributed by atoms with Crippen LogP contribution in [0.25, 0.3) is 0 Å². The Kier molecular flexibility index (Phi) is 6.53. The normalized spacial score (nSPS) is 11.3. The van der Waals surface area contributed by atoms with Crippen molar-refractivity contribution in [3.8, 4) is 5.75 Å². The van der Waals surface area contributed by atoms with Crippen molar-refractivity contribution in [1.82, 2.24) is 5.32 Å². The van der Waals surface area contributed by atoms with Crippen LogP contribution < -0.4 is 10.1 Å². The van der Waals surface area contributed by atoms with E-state index < -0.39 is 11.7 Å². The van der Waals surface area contributed by atoms with Gasteiger partial charge in [0.05, 0.1) is 6.61 Å². The van der Waals surface area contributed by atoms with Crippen molar-refractivity contribution in [2.75, 3.05) is 6.61 Å². The molecule has 0 aliphatic rings. The first-order valence-electron chi connectivity index (χ1n) is 7.45. The fourth-order valence-electron chi connectivity index (χ4n) is 1.60. The molecule has 0 atom stereocenters. The van der Waals surface area contributed by atoms with Gasteiger partial charge in [-0.3, -0.25) is 0 Å². The molecule has 118 valence electrons. The molecule has 1 aromatic carbocycles. The van der Waals surface area contributed by atoms with Gasteiger partial charge >= 0.3 is 6.09 Å². The second-order valence-corrected chi connectivity index (χ2v) is 6.53. The monoisotopic (exact) mass is 293 g/mol. The Morgan fingerprint density at radius 1 is 1.19 bits per heavy atom. The van der Waals surface area contributed by atoms with Crippen LogP contribution in [0.2, 0.25) is 0 Å². The molecule has 0 spiro atoms. The molecule has 21 heavy (non-hydrogen) atoms. The number of hydrogen-bond donors (Lipinski definition) is 1. The van der Waals surface area contributed by atoms with Crippen LogP contribution >= 0.6 is 0 Å². The molecule has 4 nitrogen and oxygen atoms in total. The molecule has 1 N–H and O–H groups in total. The highest BCUT2D eigenvalue weighted by molar-refractivity contribution is 5.67. The van der Waals surface area contributed by atoms with Gasteiger partial charge < -0.3 is 14.8 Å². The standard InChI is InChI=1S/C17H27NO3/c1-13(2)10-11-20-15-8-6-14(7-9-15)12-18-16(19)21-17(3,4)5/h6-9,13H,10-12H2,1-5H3,(H,18,19). The second-order valence-electron chi connectivity index (χ2n) is 6.53. The number of rotatable bonds is 6. The minimum absolute atomic E-state index is 0.403. The van der Waals surface area contributed by atoms with Gasteiger partial charge in [0.25, 0.3) is 0 Å². The van der Waals surface area contributed by atoms with Gasteiger partial charge in [0.2, 0.25) is 0 Å². The van der Waals surface area contributed by atoms with E-state index in [0.29, 0.717) is 12.5 Å². The first kappa shape index (κ1) is 17.3. The average molecular weight is 293 g/mol. The van der Waals surface area contributed by atoms with Crippen molar-refractivity contribution in [3.63, 3.8) is 0 Å². The third kappa shape index (κ3) is 8.23. The second kappa shape index (κ2) is 7.91. The SMILES string of the molecule is CC(C)CCOc1ccc(CNC(=O)OC(C)(C)C)cc1. The number of hydrogen-bond acceptors (Lipinski definition) is 3. The van der Waals surface area contributed by atoms with Gasteiger partial charge in [0.15, 0.2) is 0 Å². The van der Waals surface area contributed by atoms with Gasteiger partial charge in [0, 0.05) is 6.54 Å². The van der Waals surface area contributed by atoms with Crippen LogP contribution in [0.1, 0.15) is 46.6 Å². The molecule has 0 aliphatic carbocycles. The highest BCUT2D eigenvalue weighted by Crippen LogP contribution is 2.13. The van der Waals surface area contributed by atoms with Crippen molar-refractivity contribution in [2.24, 2.45) is 5.92 Å². The molecular formula is C17H27NO3. The Hall–Kier alpha value is -1.71. The topological polar surface area (TPSA) is 47.6 Å². The number of carbonyl (C=O) groups is 1. The molecule has 0 heterocycles. The largest absolute Gasteiger partial charge is 0.494 e. The first-order chi connectivity index (χ1) is 9.76. The van der Waals surface area contributed by atoms with Crippen molar-refractivity contribution in [3.05, 3.63) is 29.8 Å². The molecule has 0 bridgehead atoms. The molecule has 0 fully saturated rings. The lowest BCUT2D eigenvalue weighted by atomic mass is 10.1. The maximum absolute atomic E-state index is 11.5. The zero-order valence-electron chi connectivity index (χ0n) is 13.7. The van der Waals surface area contributed by atoms with E-state index in [9.17, 15) is 4.79 Å². The van der Waals surface area contributed by atoms with Crippen molar-refractivity contribution in [2.45, 2.75) is 53.2 Å². The number of ether oxygens (including phenoxy) is 2. The maximum atomic E-state index is 11.5. The summed E-state index contributed by atoms with van der Waals surface area (Å²) in [7, 11) is 0. The summed E-state index contributed by atoms with van der Waals surface area (Å²) < 4.78 is 10.8. The summed E-state index contributed by atoms with van der Waals surface area (Å²) in [5.41, 5.74) is 0.537.